The summed E-state index contributed by atoms with van der Waals surface area (Å²) < 4.78 is 10.2. The van der Waals surface area contributed by atoms with Gasteiger partial charge in [-0.2, -0.15) is 0 Å². The number of carboxylic acids is 1. The maximum atomic E-state index is 12.9. The Morgan fingerprint density at radius 2 is 1.38 bits per heavy atom. The summed E-state index contributed by atoms with van der Waals surface area (Å²) in [6, 6.07) is 19.9. The number of rotatable bonds is 6. The summed E-state index contributed by atoms with van der Waals surface area (Å²) in [4.78, 5) is 35.4. The van der Waals surface area contributed by atoms with E-state index in [1.165, 1.54) is 0 Å². The standard InChI is InChI=1S/C23H15Cl3O6/c24-16-11-17(25)20(32-23(30)21(27)28)18(19(16)26)22(29)31-12-15(13-7-3-1-4-8-13)14-9-5-2-6-10-14/h1-11,15H,12H2,(H,27,28). The number of aliphatic carboxylic acids is 1. The number of hydrogen-bond acceptors (Lipinski definition) is 5. The smallest absolute Gasteiger partial charge is 0.422 e. The fourth-order valence-corrected chi connectivity index (χ4v) is 3.70. The van der Waals surface area contributed by atoms with E-state index in [9.17, 15) is 14.4 Å². The zero-order chi connectivity index (χ0) is 23.3. The molecule has 164 valence electrons. The lowest BCUT2D eigenvalue weighted by Gasteiger charge is -2.19. The Hall–Kier alpha value is -3.06. The van der Waals surface area contributed by atoms with E-state index >= 15 is 0 Å². The van der Waals surface area contributed by atoms with Gasteiger partial charge in [0.1, 0.15) is 12.2 Å². The van der Waals surface area contributed by atoms with Crippen molar-refractivity contribution in [1.82, 2.24) is 0 Å². The van der Waals surface area contributed by atoms with Crippen molar-refractivity contribution in [3.05, 3.63) is 98.5 Å². The highest BCUT2D eigenvalue weighted by Crippen LogP contribution is 2.40. The molecule has 0 aliphatic heterocycles. The maximum Gasteiger partial charge on any atom is 0.422 e. The third kappa shape index (κ3) is 5.40. The molecule has 3 aromatic rings. The van der Waals surface area contributed by atoms with Gasteiger partial charge in [0.05, 0.1) is 15.1 Å². The average Bonchev–Trinajstić information content (AvgIpc) is 2.79. The van der Waals surface area contributed by atoms with Crippen LogP contribution in [0.4, 0.5) is 0 Å². The molecule has 0 saturated carbocycles. The van der Waals surface area contributed by atoms with Crippen LogP contribution in [0.5, 0.6) is 5.75 Å². The number of halogens is 3. The molecule has 0 aliphatic rings. The highest BCUT2D eigenvalue weighted by Gasteiger charge is 2.28. The van der Waals surface area contributed by atoms with Crippen LogP contribution in [-0.4, -0.2) is 29.6 Å². The molecule has 0 heterocycles. The van der Waals surface area contributed by atoms with Gasteiger partial charge in [0, 0.05) is 5.92 Å². The van der Waals surface area contributed by atoms with E-state index < -0.39 is 29.2 Å². The molecule has 3 rings (SSSR count). The molecule has 0 atom stereocenters. The molecule has 0 spiro atoms. The number of carboxylic acid groups (broad SMARTS) is 1. The van der Waals surface area contributed by atoms with Crippen molar-refractivity contribution in [2.45, 2.75) is 5.92 Å². The van der Waals surface area contributed by atoms with Crippen LogP contribution in [0.15, 0.2) is 66.7 Å². The predicted molar refractivity (Wildman–Crippen MR) is 120 cm³/mol. The van der Waals surface area contributed by atoms with Crippen molar-refractivity contribution in [3.8, 4) is 5.75 Å². The summed E-state index contributed by atoms with van der Waals surface area (Å²) >= 11 is 18.2. The van der Waals surface area contributed by atoms with E-state index in [2.05, 4.69) is 0 Å². The van der Waals surface area contributed by atoms with Gasteiger partial charge in [-0.1, -0.05) is 95.5 Å². The average molecular weight is 494 g/mol. The lowest BCUT2D eigenvalue weighted by atomic mass is 9.92. The van der Waals surface area contributed by atoms with Crippen LogP contribution < -0.4 is 4.74 Å². The molecule has 3 aromatic carbocycles. The first-order valence-electron chi connectivity index (χ1n) is 9.19. The monoisotopic (exact) mass is 492 g/mol. The predicted octanol–water partition coefficient (Wildman–Crippen LogP) is 5.63. The molecular formula is C23H15Cl3O6. The van der Waals surface area contributed by atoms with Gasteiger partial charge in [0.15, 0.2) is 5.75 Å². The second-order valence-corrected chi connectivity index (χ2v) is 7.72. The zero-order valence-corrected chi connectivity index (χ0v) is 18.5. The van der Waals surface area contributed by atoms with Gasteiger partial charge >= 0.3 is 17.9 Å². The van der Waals surface area contributed by atoms with Crippen LogP contribution in [-0.2, 0) is 14.3 Å². The van der Waals surface area contributed by atoms with Crippen LogP contribution >= 0.6 is 34.8 Å². The Morgan fingerprint density at radius 3 is 1.88 bits per heavy atom. The Morgan fingerprint density at radius 1 is 0.844 bits per heavy atom. The minimum absolute atomic E-state index is 0.0837. The third-order valence-electron chi connectivity index (χ3n) is 4.49. The Kier molecular flexibility index (Phi) is 7.75. The first-order valence-corrected chi connectivity index (χ1v) is 10.3. The van der Waals surface area contributed by atoms with E-state index in [0.717, 1.165) is 17.2 Å². The molecule has 1 N–H and O–H groups in total. The summed E-state index contributed by atoms with van der Waals surface area (Å²) in [6.07, 6.45) is 0. The van der Waals surface area contributed by atoms with E-state index in [0.29, 0.717) is 0 Å². The fraction of sp³-hybridized carbons (Fsp3) is 0.0870. The van der Waals surface area contributed by atoms with Gasteiger partial charge < -0.3 is 14.6 Å². The van der Waals surface area contributed by atoms with Gasteiger partial charge in [-0.25, -0.2) is 14.4 Å². The first kappa shape index (κ1) is 23.6. The van der Waals surface area contributed by atoms with Crippen LogP contribution in [0.25, 0.3) is 0 Å². The lowest BCUT2D eigenvalue weighted by Crippen LogP contribution is -2.22. The van der Waals surface area contributed by atoms with E-state index in [-0.39, 0.29) is 27.6 Å². The Balaban J connectivity index is 1.93. The van der Waals surface area contributed by atoms with Gasteiger partial charge in [0.2, 0.25) is 0 Å². The lowest BCUT2D eigenvalue weighted by molar-refractivity contribution is -0.158. The molecule has 32 heavy (non-hydrogen) atoms. The van der Waals surface area contributed by atoms with Gasteiger partial charge in [-0.05, 0) is 17.2 Å². The zero-order valence-electron chi connectivity index (χ0n) is 16.3. The molecule has 0 aromatic heterocycles. The van der Waals surface area contributed by atoms with E-state index in [1.807, 2.05) is 60.7 Å². The number of carbonyl (C=O) groups excluding carboxylic acids is 2. The molecule has 6 nitrogen and oxygen atoms in total. The number of ether oxygens (including phenoxy) is 2. The van der Waals surface area contributed by atoms with Crippen LogP contribution in [0, 0.1) is 0 Å². The van der Waals surface area contributed by atoms with Gasteiger partial charge in [-0.15, -0.1) is 0 Å². The van der Waals surface area contributed by atoms with Crippen molar-refractivity contribution in [2.24, 2.45) is 0 Å². The minimum atomic E-state index is -1.88. The molecule has 0 saturated heterocycles. The quantitative estimate of drug-likeness (QED) is 0.207. The number of carbonyl (C=O) groups is 3. The molecule has 0 amide bonds. The molecule has 0 aliphatic carbocycles. The molecule has 0 radical (unpaired) electrons. The first-order chi connectivity index (χ1) is 15.3. The van der Waals surface area contributed by atoms with E-state index in [4.69, 9.17) is 49.4 Å². The molecule has 0 unspecified atom stereocenters. The molecule has 0 bridgehead atoms. The molecular weight excluding hydrogens is 479 g/mol. The second-order valence-electron chi connectivity index (χ2n) is 6.53. The van der Waals surface area contributed by atoms with Gasteiger partial charge in [-0.3, -0.25) is 0 Å². The Labute approximate surface area is 198 Å². The Bertz CT molecular complexity index is 1110. The summed E-state index contributed by atoms with van der Waals surface area (Å²) in [7, 11) is 0. The number of esters is 2. The summed E-state index contributed by atoms with van der Waals surface area (Å²) in [5.41, 5.74) is 1.36. The maximum absolute atomic E-state index is 12.9. The molecule has 9 heteroatoms. The topological polar surface area (TPSA) is 89.9 Å². The minimum Gasteiger partial charge on any atom is -0.473 e. The van der Waals surface area contributed by atoms with E-state index in [1.54, 1.807) is 0 Å². The third-order valence-corrected chi connectivity index (χ3v) is 5.55. The van der Waals surface area contributed by atoms with Crippen molar-refractivity contribution < 1.29 is 29.0 Å². The summed E-state index contributed by atoms with van der Waals surface area (Å²) in [5.74, 6) is -5.36. The van der Waals surface area contributed by atoms with Gasteiger partial charge in [0.25, 0.3) is 0 Å². The van der Waals surface area contributed by atoms with Crippen molar-refractivity contribution >= 4 is 52.7 Å². The molecule has 0 fully saturated rings. The number of benzene rings is 3. The van der Waals surface area contributed by atoms with Crippen molar-refractivity contribution in [1.29, 1.82) is 0 Å². The highest BCUT2D eigenvalue weighted by molar-refractivity contribution is 6.46. The van der Waals surface area contributed by atoms with Crippen molar-refractivity contribution in [2.75, 3.05) is 6.61 Å². The van der Waals surface area contributed by atoms with Crippen LogP contribution in [0.2, 0.25) is 15.1 Å². The van der Waals surface area contributed by atoms with Crippen molar-refractivity contribution in [3.63, 3.8) is 0 Å². The fourth-order valence-electron chi connectivity index (χ4n) is 2.98. The number of hydrogen-bond donors (Lipinski definition) is 1. The SMILES string of the molecule is O=C(O)C(=O)Oc1c(Cl)cc(Cl)c(Cl)c1C(=O)OCC(c1ccccc1)c1ccccc1. The van der Waals surface area contributed by atoms with Crippen LogP contribution in [0.3, 0.4) is 0 Å². The van der Waals surface area contributed by atoms with Crippen LogP contribution in [0.1, 0.15) is 27.4 Å². The second kappa shape index (κ2) is 10.5. The highest BCUT2D eigenvalue weighted by atomic mass is 35.5. The summed E-state index contributed by atoms with van der Waals surface area (Å²) in [6.45, 7) is -0.0837. The normalized spacial score (nSPS) is 10.6. The largest absolute Gasteiger partial charge is 0.473 e. The summed E-state index contributed by atoms with van der Waals surface area (Å²) in [5, 5.41) is 8.17.